The molecular weight excluding hydrogens is 348 g/mol. The number of thioether (sulfide) groups is 1. The third-order valence-corrected chi connectivity index (χ3v) is 5.12. The quantitative estimate of drug-likeness (QED) is 0.627. The predicted molar refractivity (Wildman–Crippen MR) is 104 cm³/mol. The van der Waals surface area contributed by atoms with Crippen LogP contribution in [-0.2, 0) is 10.5 Å². The van der Waals surface area contributed by atoms with Gasteiger partial charge in [0.15, 0.2) is 0 Å². The monoisotopic (exact) mass is 374 g/mol. The second-order valence-electron chi connectivity index (χ2n) is 6.58. The van der Waals surface area contributed by atoms with E-state index < -0.39 is 0 Å². The minimum atomic E-state index is 0.109. The summed E-state index contributed by atoms with van der Waals surface area (Å²) < 4.78 is 11.5. The molecule has 1 amide bonds. The number of nitrogens with one attached hydrogen (secondary N) is 1. The summed E-state index contributed by atoms with van der Waals surface area (Å²) in [4.78, 5) is 16.3. The zero-order valence-corrected chi connectivity index (χ0v) is 16.2. The summed E-state index contributed by atoms with van der Waals surface area (Å²) in [6, 6.07) is 8.24. The first-order chi connectivity index (χ1) is 12.7. The van der Waals surface area contributed by atoms with Crippen LogP contribution in [0.5, 0.6) is 5.75 Å². The fourth-order valence-electron chi connectivity index (χ4n) is 2.45. The maximum Gasteiger partial charge on any atom is 0.230 e. The maximum absolute atomic E-state index is 11.7. The number of aryl methyl sites for hydroxylation is 1. The Hall–Kier alpha value is -1.95. The Morgan fingerprint density at radius 3 is 2.81 bits per heavy atom. The number of ether oxygens (including phenoxy) is 1. The molecule has 140 valence electrons. The first kappa shape index (κ1) is 18.8. The number of oxazole rings is 1. The fourth-order valence-corrected chi connectivity index (χ4v) is 3.28. The summed E-state index contributed by atoms with van der Waals surface area (Å²) in [6.45, 7) is 4.80. The molecule has 0 saturated heterocycles. The topological polar surface area (TPSA) is 64.4 Å². The molecule has 1 aromatic heterocycles. The van der Waals surface area contributed by atoms with Gasteiger partial charge in [-0.25, -0.2) is 4.98 Å². The number of unbranched alkanes of at least 4 members (excludes halogenated alkanes) is 1. The number of amides is 1. The Morgan fingerprint density at radius 1 is 1.35 bits per heavy atom. The van der Waals surface area contributed by atoms with E-state index in [-0.39, 0.29) is 5.91 Å². The van der Waals surface area contributed by atoms with Gasteiger partial charge in [-0.3, -0.25) is 4.79 Å². The van der Waals surface area contributed by atoms with E-state index in [1.54, 1.807) is 11.8 Å². The van der Waals surface area contributed by atoms with E-state index in [1.165, 1.54) is 0 Å². The van der Waals surface area contributed by atoms with Gasteiger partial charge in [-0.15, -0.1) is 11.8 Å². The first-order valence-electron chi connectivity index (χ1n) is 9.22. The number of hydrogen-bond donors (Lipinski definition) is 1. The van der Waals surface area contributed by atoms with Gasteiger partial charge in [0.2, 0.25) is 11.8 Å². The summed E-state index contributed by atoms with van der Waals surface area (Å²) in [5, 5.41) is 2.99. The molecule has 0 atom stereocenters. The normalized spacial score (nSPS) is 13.6. The number of carbonyl (C=O) groups excluding carboxylic acids is 1. The van der Waals surface area contributed by atoms with Crippen LogP contribution < -0.4 is 10.1 Å². The van der Waals surface area contributed by atoms with Crippen LogP contribution in [0.1, 0.15) is 44.1 Å². The van der Waals surface area contributed by atoms with Gasteiger partial charge in [0.1, 0.15) is 11.5 Å². The lowest BCUT2D eigenvalue weighted by molar-refractivity contribution is -0.118. The molecule has 3 rings (SSSR count). The molecule has 0 aliphatic heterocycles. The highest BCUT2D eigenvalue weighted by molar-refractivity contribution is 7.99. The van der Waals surface area contributed by atoms with Crippen molar-refractivity contribution in [3.05, 3.63) is 35.7 Å². The van der Waals surface area contributed by atoms with Crippen molar-refractivity contribution >= 4 is 17.7 Å². The average molecular weight is 375 g/mol. The molecule has 6 heteroatoms. The van der Waals surface area contributed by atoms with Crippen molar-refractivity contribution in [1.82, 2.24) is 10.3 Å². The number of nitrogens with zero attached hydrogens (tertiary/aromatic N) is 1. The Morgan fingerprint density at radius 2 is 2.12 bits per heavy atom. The molecule has 1 aromatic carbocycles. The van der Waals surface area contributed by atoms with E-state index in [2.05, 4.69) is 17.2 Å². The molecule has 1 aliphatic carbocycles. The summed E-state index contributed by atoms with van der Waals surface area (Å²) >= 11 is 1.57. The summed E-state index contributed by atoms with van der Waals surface area (Å²) in [6.07, 6.45) is 4.41. The van der Waals surface area contributed by atoms with Crippen LogP contribution in [0.25, 0.3) is 11.5 Å². The summed E-state index contributed by atoms with van der Waals surface area (Å²) in [5.74, 6) is 3.52. The van der Waals surface area contributed by atoms with Crippen molar-refractivity contribution in [1.29, 1.82) is 0 Å². The van der Waals surface area contributed by atoms with E-state index in [9.17, 15) is 4.79 Å². The average Bonchev–Trinajstić information content (AvgIpc) is 3.37. The molecule has 0 spiro atoms. The lowest BCUT2D eigenvalue weighted by Crippen LogP contribution is -2.27. The van der Waals surface area contributed by atoms with Gasteiger partial charge in [0, 0.05) is 17.4 Å². The molecule has 1 saturated carbocycles. The second kappa shape index (κ2) is 9.12. The van der Waals surface area contributed by atoms with Crippen LogP contribution in [0.2, 0.25) is 0 Å². The van der Waals surface area contributed by atoms with Crippen molar-refractivity contribution < 1.29 is 13.9 Å². The lowest BCUT2D eigenvalue weighted by Gasteiger charge is -2.05. The molecule has 1 fully saturated rings. The van der Waals surface area contributed by atoms with Crippen LogP contribution in [0.3, 0.4) is 0 Å². The molecule has 5 nitrogen and oxygen atoms in total. The van der Waals surface area contributed by atoms with E-state index >= 15 is 0 Å². The number of rotatable bonds is 10. The first-order valence-corrected chi connectivity index (χ1v) is 10.4. The molecule has 0 radical (unpaired) electrons. The SMILES string of the molecule is CCCCOc1ccc(-c2nc(CSCC(=O)NC3CC3)c(C)o2)cc1. The zero-order valence-electron chi connectivity index (χ0n) is 15.4. The minimum absolute atomic E-state index is 0.109. The fraction of sp³-hybridized carbons (Fsp3) is 0.500. The Balaban J connectivity index is 1.52. The minimum Gasteiger partial charge on any atom is -0.494 e. The van der Waals surface area contributed by atoms with E-state index in [1.807, 2.05) is 31.2 Å². The summed E-state index contributed by atoms with van der Waals surface area (Å²) in [5.41, 5.74) is 1.83. The highest BCUT2D eigenvalue weighted by atomic mass is 32.2. The van der Waals surface area contributed by atoms with Gasteiger partial charge in [-0.1, -0.05) is 13.3 Å². The van der Waals surface area contributed by atoms with Gasteiger partial charge < -0.3 is 14.5 Å². The molecule has 1 aliphatic rings. The third kappa shape index (κ3) is 5.53. The Bertz CT molecular complexity index is 723. The molecule has 0 unspecified atom stereocenters. The van der Waals surface area contributed by atoms with Crippen LogP contribution in [-0.4, -0.2) is 29.3 Å². The molecule has 1 heterocycles. The molecule has 1 N–H and O–H groups in total. The third-order valence-electron chi connectivity index (χ3n) is 4.17. The van der Waals surface area contributed by atoms with Crippen molar-refractivity contribution in [3.8, 4) is 17.2 Å². The van der Waals surface area contributed by atoms with Crippen LogP contribution in [0.15, 0.2) is 28.7 Å². The highest BCUT2D eigenvalue weighted by Crippen LogP contribution is 2.26. The van der Waals surface area contributed by atoms with Crippen molar-refractivity contribution in [2.24, 2.45) is 0 Å². The Kier molecular flexibility index (Phi) is 6.61. The maximum atomic E-state index is 11.7. The largest absolute Gasteiger partial charge is 0.494 e. The molecule has 26 heavy (non-hydrogen) atoms. The number of hydrogen-bond acceptors (Lipinski definition) is 5. The molecule has 2 aromatic rings. The van der Waals surface area contributed by atoms with E-state index in [0.29, 0.717) is 23.4 Å². The van der Waals surface area contributed by atoms with Crippen LogP contribution in [0.4, 0.5) is 0 Å². The van der Waals surface area contributed by atoms with Gasteiger partial charge in [-0.2, -0.15) is 0 Å². The second-order valence-corrected chi connectivity index (χ2v) is 7.57. The van der Waals surface area contributed by atoms with E-state index in [4.69, 9.17) is 9.15 Å². The molecular formula is C20H26N2O3S. The van der Waals surface area contributed by atoms with Crippen molar-refractivity contribution in [2.75, 3.05) is 12.4 Å². The van der Waals surface area contributed by atoms with Crippen LogP contribution in [0, 0.1) is 6.92 Å². The molecule has 0 bridgehead atoms. The lowest BCUT2D eigenvalue weighted by atomic mass is 10.2. The Labute approximate surface area is 158 Å². The zero-order chi connectivity index (χ0) is 18.4. The standard InChI is InChI=1S/C20H26N2O3S/c1-3-4-11-24-17-9-5-15(6-10-17)20-22-18(14(2)25-20)12-26-13-19(23)21-16-7-8-16/h5-6,9-10,16H,3-4,7-8,11-13H2,1-2H3,(H,21,23). The number of benzene rings is 1. The predicted octanol–water partition coefficient (Wildman–Crippen LogP) is 4.34. The van der Waals surface area contributed by atoms with Gasteiger partial charge >= 0.3 is 0 Å². The smallest absolute Gasteiger partial charge is 0.230 e. The van der Waals surface area contributed by atoms with Crippen LogP contribution >= 0.6 is 11.8 Å². The number of carbonyl (C=O) groups is 1. The highest BCUT2D eigenvalue weighted by Gasteiger charge is 2.23. The van der Waals surface area contributed by atoms with Gasteiger partial charge in [0.05, 0.1) is 18.1 Å². The van der Waals surface area contributed by atoms with Crippen molar-refractivity contribution in [3.63, 3.8) is 0 Å². The van der Waals surface area contributed by atoms with Gasteiger partial charge in [-0.05, 0) is 50.5 Å². The van der Waals surface area contributed by atoms with Gasteiger partial charge in [0.25, 0.3) is 0 Å². The van der Waals surface area contributed by atoms with E-state index in [0.717, 1.165) is 55.1 Å². The number of aromatic nitrogens is 1. The van der Waals surface area contributed by atoms with Crippen molar-refractivity contribution in [2.45, 2.75) is 51.3 Å². The summed E-state index contributed by atoms with van der Waals surface area (Å²) in [7, 11) is 0.